The number of carboxylic acids is 1. The van der Waals surface area contributed by atoms with Crippen molar-refractivity contribution in [3.8, 4) is 0 Å². The number of aliphatic carboxylic acids is 1. The molecule has 6 nitrogen and oxygen atoms in total. The Morgan fingerprint density at radius 2 is 2.04 bits per heavy atom. The summed E-state index contributed by atoms with van der Waals surface area (Å²) in [4.78, 5) is 12.6. The van der Waals surface area contributed by atoms with Crippen molar-refractivity contribution >= 4 is 23.3 Å². The summed E-state index contributed by atoms with van der Waals surface area (Å²) < 4.78 is 46.5. The lowest BCUT2D eigenvalue weighted by molar-refractivity contribution is -0.192. The van der Waals surface area contributed by atoms with E-state index in [2.05, 4.69) is 15.4 Å². The van der Waals surface area contributed by atoms with Crippen molar-refractivity contribution in [2.24, 2.45) is 0 Å². The van der Waals surface area contributed by atoms with E-state index in [1.165, 1.54) is 12.3 Å². The molecule has 0 aliphatic carbocycles. The summed E-state index contributed by atoms with van der Waals surface area (Å²) in [5, 5.41) is 14.1. The first-order chi connectivity index (χ1) is 10.6. The number of anilines is 1. The number of hydrogen-bond donors (Lipinski definition) is 2. The van der Waals surface area contributed by atoms with Crippen LogP contribution in [0, 0.1) is 5.82 Å². The highest BCUT2D eigenvalue weighted by molar-refractivity contribution is 6.29. The zero-order valence-electron chi connectivity index (χ0n) is 11.6. The van der Waals surface area contributed by atoms with Gasteiger partial charge in [-0.15, -0.1) is 0 Å². The Morgan fingerprint density at radius 1 is 1.43 bits per heavy atom. The van der Waals surface area contributed by atoms with Gasteiger partial charge in [0, 0.05) is 19.4 Å². The summed E-state index contributed by atoms with van der Waals surface area (Å²) in [7, 11) is 1.81. The van der Waals surface area contributed by atoms with Crippen LogP contribution in [0.3, 0.4) is 0 Å². The number of aromatic nitrogens is 3. The van der Waals surface area contributed by atoms with Gasteiger partial charge in [0.2, 0.25) is 0 Å². The van der Waals surface area contributed by atoms with Crippen LogP contribution in [0.25, 0.3) is 0 Å². The monoisotopic (exact) mass is 354 g/mol. The molecule has 2 rings (SSSR count). The summed E-state index contributed by atoms with van der Waals surface area (Å²) in [6.07, 6.45) is -0.0294. The molecule has 0 spiro atoms. The Bertz CT molecular complexity index is 675. The van der Waals surface area contributed by atoms with E-state index in [0.29, 0.717) is 12.1 Å². The van der Waals surface area contributed by atoms with Crippen LogP contribution in [0.4, 0.5) is 23.2 Å². The van der Waals surface area contributed by atoms with Gasteiger partial charge in [-0.05, 0) is 11.6 Å². The fourth-order valence-electron chi connectivity index (χ4n) is 1.31. The number of rotatable bonds is 3. The summed E-state index contributed by atoms with van der Waals surface area (Å²) in [5.74, 6) is -3.27. The average Bonchev–Trinajstić information content (AvgIpc) is 2.90. The third kappa shape index (κ3) is 6.10. The van der Waals surface area contributed by atoms with Crippen LogP contribution in [-0.2, 0) is 11.3 Å². The van der Waals surface area contributed by atoms with Crippen molar-refractivity contribution in [1.29, 1.82) is 0 Å². The van der Waals surface area contributed by atoms with E-state index in [0.717, 1.165) is 5.69 Å². The predicted molar refractivity (Wildman–Crippen MR) is 73.8 cm³/mol. The van der Waals surface area contributed by atoms with Gasteiger partial charge in [0.1, 0.15) is 0 Å². The summed E-state index contributed by atoms with van der Waals surface area (Å²) in [6, 6.07) is 1.36. The molecule has 2 aromatic heterocycles. The van der Waals surface area contributed by atoms with Crippen LogP contribution in [0.1, 0.15) is 5.56 Å². The molecule has 0 bridgehead atoms. The molecule has 0 saturated heterocycles. The quantitative estimate of drug-likeness (QED) is 0.654. The number of alkyl halides is 3. The minimum Gasteiger partial charge on any atom is -0.475 e. The van der Waals surface area contributed by atoms with Crippen molar-refractivity contribution in [3.63, 3.8) is 0 Å². The maximum Gasteiger partial charge on any atom is 0.490 e. The van der Waals surface area contributed by atoms with Gasteiger partial charge in [-0.2, -0.15) is 18.3 Å². The highest BCUT2D eigenvalue weighted by Gasteiger charge is 2.38. The first kappa shape index (κ1) is 18.7. The van der Waals surface area contributed by atoms with E-state index in [1.54, 1.807) is 10.9 Å². The minimum atomic E-state index is -5.08. The number of pyridine rings is 1. The number of hydrogen-bond acceptors (Lipinski definition) is 4. The molecule has 0 unspecified atom stereocenters. The molecule has 2 heterocycles. The largest absolute Gasteiger partial charge is 0.490 e. The van der Waals surface area contributed by atoms with Crippen LogP contribution in [0.15, 0.2) is 24.7 Å². The van der Waals surface area contributed by atoms with E-state index < -0.39 is 18.0 Å². The van der Waals surface area contributed by atoms with Crippen molar-refractivity contribution in [1.82, 2.24) is 14.8 Å². The third-order valence-corrected chi connectivity index (χ3v) is 2.64. The van der Waals surface area contributed by atoms with E-state index in [-0.39, 0.29) is 5.15 Å². The Morgan fingerprint density at radius 3 is 2.48 bits per heavy atom. The van der Waals surface area contributed by atoms with Crippen molar-refractivity contribution in [2.75, 3.05) is 12.4 Å². The molecule has 0 fully saturated rings. The second-order valence-corrected chi connectivity index (χ2v) is 4.45. The Kier molecular flexibility index (Phi) is 6.31. The second-order valence-electron chi connectivity index (χ2n) is 4.10. The first-order valence-corrected chi connectivity index (χ1v) is 6.31. The number of carboxylic acid groups (broad SMARTS) is 1. The molecule has 0 aromatic carbocycles. The van der Waals surface area contributed by atoms with Gasteiger partial charge in [-0.1, -0.05) is 11.6 Å². The zero-order chi connectivity index (χ0) is 17.6. The number of halogens is 5. The lowest BCUT2D eigenvalue weighted by Gasteiger charge is -2.02. The van der Waals surface area contributed by atoms with Crippen LogP contribution < -0.4 is 5.32 Å². The van der Waals surface area contributed by atoms with E-state index in [9.17, 15) is 17.6 Å². The van der Waals surface area contributed by atoms with Gasteiger partial charge in [0.05, 0.1) is 18.4 Å². The van der Waals surface area contributed by atoms with Crippen molar-refractivity contribution < 1.29 is 27.5 Å². The van der Waals surface area contributed by atoms with Gasteiger partial charge in [-0.3, -0.25) is 4.68 Å². The molecule has 0 radical (unpaired) electrons. The maximum atomic E-state index is 13.1. The fraction of sp³-hybridized carbons (Fsp3) is 0.250. The van der Waals surface area contributed by atoms with Gasteiger partial charge in [0.25, 0.3) is 0 Å². The summed E-state index contributed by atoms with van der Waals surface area (Å²) in [5.41, 5.74) is 1.62. The van der Waals surface area contributed by atoms with Gasteiger partial charge >= 0.3 is 12.1 Å². The smallest absolute Gasteiger partial charge is 0.475 e. The highest BCUT2D eigenvalue weighted by atomic mass is 35.5. The summed E-state index contributed by atoms with van der Waals surface area (Å²) in [6.45, 7) is 0.461. The fourth-order valence-corrected chi connectivity index (χ4v) is 1.42. The molecular weight excluding hydrogens is 344 g/mol. The number of carbonyl (C=O) groups is 1. The van der Waals surface area contributed by atoms with Gasteiger partial charge in [-0.25, -0.2) is 14.2 Å². The molecule has 0 amide bonds. The molecule has 0 atom stereocenters. The molecule has 0 aliphatic heterocycles. The topological polar surface area (TPSA) is 80.0 Å². The predicted octanol–water partition coefficient (Wildman–Crippen LogP) is 2.79. The molecule has 23 heavy (non-hydrogen) atoms. The standard InChI is InChI=1S/C10H10ClFN4.C2HF3O2/c1-13-8-4-15-16(6-8)5-7-2-9(12)10(11)14-3-7;3-2(4,5)1(6)7/h2-4,6,13H,5H2,1H3;(H,6,7). The van der Waals surface area contributed by atoms with Crippen LogP contribution in [0.5, 0.6) is 0 Å². The van der Waals surface area contributed by atoms with Gasteiger partial charge in [0.15, 0.2) is 11.0 Å². The van der Waals surface area contributed by atoms with Gasteiger partial charge < -0.3 is 10.4 Å². The zero-order valence-corrected chi connectivity index (χ0v) is 12.4. The SMILES string of the molecule is CNc1cnn(Cc2cnc(Cl)c(F)c2)c1.O=C(O)C(F)(F)F. The normalized spacial score (nSPS) is 10.7. The molecule has 2 aromatic rings. The summed E-state index contributed by atoms with van der Waals surface area (Å²) >= 11 is 5.49. The van der Waals surface area contributed by atoms with Crippen LogP contribution in [0.2, 0.25) is 5.15 Å². The Labute approximate surface area is 132 Å². The Balaban J connectivity index is 0.000000322. The minimum absolute atomic E-state index is 0.111. The molecular formula is C12H11ClF4N4O2. The molecule has 126 valence electrons. The van der Waals surface area contributed by atoms with Crippen molar-refractivity contribution in [3.05, 3.63) is 41.2 Å². The molecule has 0 aliphatic rings. The molecule has 0 saturated carbocycles. The van der Waals surface area contributed by atoms with E-state index >= 15 is 0 Å². The van der Waals surface area contributed by atoms with E-state index in [1.807, 2.05) is 13.2 Å². The maximum absolute atomic E-state index is 13.1. The average molecular weight is 355 g/mol. The lowest BCUT2D eigenvalue weighted by atomic mass is 10.3. The van der Waals surface area contributed by atoms with Crippen LogP contribution in [-0.4, -0.2) is 39.1 Å². The highest BCUT2D eigenvalue weighted by Crippen LogP contribution is 2.14. The number of nitrogens with one attached hydrogen (secondary N) is 1. The van der Waals surface area contributed by atoms with Crippen molar-refractivity contribution in [2.45, 2.75) is 12.7 Å². The van der Waals surface area contributed by atoms with E-state index in [4.69, 9.17) is 21.5 Å². The first-order valence-electron chi connectivity index (χ1n) is 5.93. The second kappa shape index (κ2) is 7.77. The molecule has 11 heteroatoms. The lowest BCUT2D eigenvalue weighted by Crippen LogP contribution is -2.21. The third-order valence-electron chi connectivity index (χ3n) is 2.36. The Hall–Kier alpha value is -2.36. The van der Waals surface area contributed by atoms with Crippen LogP contribution >= 0.6 is 11.6 Å². The number of nitrogens with zero attached hydrogens (tertiary/aromatic N) is 3. The molecule has 2 N–H and O–H groups in total.